The van der Waals surface area contributed by atoms with E-state index in [0.29, 0.717) is 31.2 Å². The molecule has 5 nitrogen and oxygen atoms in total. The van der Waals surface area contributed by atoms with Crippen LogP contribution in [0.1, 0.15) is 40.0 Å². The highest BCUT2D eigenvalue weighted by Gasteiger charge is 2.40. The second kappa shape index (κ2) is 9.30. The first-order chi connectivity index (χ1) is 10.0. The minimum absolute atomic E-state index is 0.0355. The van der Waals surface area contributed by atoms with Gasteiger partial charge in [-0.3, -0.25) is 9.59 Å². The van der Waals surface area contributed by atoms with E-state index in [4.69, 9.17) is 4.74 Å². The highest BCUT2D eigenvalue weighted by Crippen LogP contribution is 2.33. The number of nitrogens with one attached hydrogen (secondary N) is 1. The van der Waals surface area contributed by atoms with E-state index in [1.165, 1.54) is 0 Å². The van der Waals surface area contributed by atoms with Crippen LogP contribution < -0.4 is 5.32 Å². The van der Waals surface area contributed by atoms with Crippen LogP contribution >= 0.6 is 11.8 Å². The molecule has 1 aliphatic heterocycles. The van der Waals surface area contributed by atoms with E-state index in [2.05, 4.69) is 19.2 Å². The van der Waals surface area contributed by atoms with E-state index < -0.39 is 0 Å². The van der Waals surface area contributed by atoms with E-state index in [9.17, 15) is 9.59 Å². The fraction of sp³-hybridized carbons (Fsp3) is 0.867. The van der Waals surface area contributed by atoms with Crippen LogP contribution in [0.5, 0.6) is 0 Å². The number of ether oxygens (including phenoxy) is 1. The molecule has 2 amide bonds. The van der Waals surface area contributed by atoms with Crippen LogP contribution in [-0.2, 0) is 14.3 Å². The molecule has 6 heteroatoms. The summed E-state index contributed by atoms with van der Waals surface area (Å²) in [5.74, 6) is 1.24. The summed E-state index contributed by atoms with van der Waals surface area (Å²) in [6.45, 7) is 7.37. The van der Waals surface area contributed by atoms with E-state index in [0.717, 1.165) is 12.8 Å². The fourth-order valence-corrected chi connectivity index (χ4v) is 4.08. The first-order valence-electron chi connectivity index (χ1n) is 7.70. The number of rotatable bonds is 8. The zero-order valence-electron chi connectivity index (χ0n) is 13.6. The third kappa shape index (κ3) is 5.51. The molecule has 21 heavy (non-hydrogen) atoms. The predicted octanol–water partition coefficient (Wildman–Crippen LogP) is 1.87. The number of thioether (sulfide) groups is 1. The SMILES string of the molecule is CCC(=O)N1C(CC(C)C)SCC1C(=O)NCCCOC. The Morgan fingerprint density at radius 3 is 2.71 bits per heavy atom. The Bertz CT molecular complexity index is 350. The standard InChI is InChI=1S/C15H28N2O3S/c1-5-13(18)17-12(10-21-14(17)9-11(2)3)15(19)16-7-6-8-20-4/h11-12,14H,5-10H2,1-4H3,(H,16,19). The molecule has 1 heterocycles. The summed E-state index contributed by atoms with van der Waals surface area (Å²) in [5, 5.41) is 3.05. The molecule has 1 fully saturated rings. The summed E-state index contributed by atoms with van der Waals surface area (Å²) in [5.41, 5.74) is 0. The average Bonchev–Trinajstić information content (AvgIpc) is 2.85. The average molecular weight is 316 g/mol. The van der Waals surface area contributed by atoms with Gasteiger partial charge in [-0.1, -0.05) is 20.8 Å². The largest absolute Gasteiger partial charge is 0.385 e. The summed E-state index contributed by atoms with van der Waals surface area (Å²) in [6, 6.07) is -0.325. The maximum absolute atomic E-state index is 12.3. The minimum Gasteiger partial charge on any atom is -0.385 e. The molecule has 0 saturated carbocycles. The zero-order valence-corrected chi connectivity index (χ0v) is 14.4. The van der Waals surface area contributed by atoms with Crippen molar-refractivity contribution in [2.75, 3.05) is 26.0 Å². The van der Waals surface area contributed by atoms with Gasteiger partial charge in [0.25, 0.3) is 0 Å². The Hall–Kier alpha value is -0.750. The number of methoxy groups -OCH3 is 1. The number of nitrogens with zero attached hydrogens (tertiary/aromatic N) is 1. The van der Waals surface area contributed by atoms with Gasteiger partial charge in [0.15, 0.2) is 0 Å². The van der Waals surface area contributed by atoms with Gasteiger partial charge in [0, 0.05) is 32.4 Å². The van der Waals surface area contributed by atoms with Crippen LogP contribution in [-0.4, -0.2) is 54.1 Å². The Balaban J connectivity index is 2.62. The normalized spacial score (nSPS) is 21.9. The van der Waals surface area contributed by atoms with Gasteiger partial charge in [-0.15, -0.1) is 11.8 Å². The van der Waals surface area contributed by atoms with Crippen molar-refractivity contribution in [2.45, 2.75) is 51.4 Å². The highest BCUT2D eigenvalue weighted by atomic mass is 32.2. The molecule has 0 radical (unpaired) electrons. The summed E-state index contributed by atoms with van der Waals surface area (Å²) >= 11 is 1.72. The smallest absolute Gasteiger partial charge is 0.243 e. The van der Waals surface area contributed by atoms with Crippen molar-refractivity contribution in [2.24, 2.45) is 5.92 Å². The maximum Gasteiger partial charge on any atom is 0.243 e. The van der Waals surface area contributed by atoms with Crippen LogP contribution in [0.25, 0.3) is 0 Å². The van der Waals surface area contributed by atoms with Gasteiger partial charge < -0.3 is 15.0 Å². The van der Waals surface area contributed by atoms with Crippen molar-refractivity contribution in [1.29, 1.82) is 0 Å². The molecular weight excluding hydrogens is 288 g/mol. The summed E-state index contributed by atoms with van der Waals surface area (Å²) in [4.78, 5) is 26.3. The molecular formula is C15H28N2O3S. The van der Waals surface area contributed by atoms with Crippen LogP contribution in [0.4, 0.5) is 0 Å². The molecule has 2 atom stereocenters. The quantitative estimate of drug-likeness (QED) is 0.695. The van der Waals surface area contributed by atoms with E-state index >= 15 is 0 Å². The first-order valence-corrected chi connectivity index (χ1v) is 8.75. The molecule has 0 aliphatic carbocycles. The maximum atomic E-state index is 12.3. The molecule has 122 valence electrons. The fourth-order valence-electron chi connectivity index (χ4n) is 2.41. The summed E-state index contributed by atoms with van der Waals surface area (Å²) in [7, 11) is 1.65. The lowest BCUT2D eigenvalue weighted by Crippen LogP contribution is -2.50. The van der Waals surface area contributed by atoms with Crippen molar-refractivity contribution in [3.8, 4) is 0 Å². The number of amides is 2. The number of hydrogen-bond donors (Lipinski definition) is 1. The lowest BCUT2D eigenvalue weighted by Gasteiger charge is -2.29. The molecule has 1 saturated heterocycles. The minimum atomic E-state index is -0.325. The molecule has 1 aliphatic rings. The molecule has 1 rings (SSSR count). The molecule has 0 spiro atoms. The third-order valence-electron chi connectivity index (χ3n) is 3.48. The van der Waals surface area contributed by atoms with E-state index in [1.54, 1.807) is 23.8 Å². The Morgan fingerprint density at radius 1 is 1.43 bits per heavy atom. The molecule has 0 bridgehead atoms. The van der Waals surface area contributed by atoms with Crippen molar-refractivity contribution < 1.29 is 14.3 Å². The predicted molar refractivity (Wildman–Crippen MR) is 86.1 cm³/mol. The lowest BCUT2D eigenvalue weighted by atomic mass is 10.1. The van der Waals surface area contributed by atoms with Crippen molar-refractivity contribution >= 4 is 23.6 Å². The van der Waals surface area contributed by atoms with Crippen LogP contribution in [0.2, 0.25) is 0 Å². The second-order valence-corrected chi connectivity index (χ2v) is 6.94. The van der Waals surface area contributed by atoms with Gasteiger partial charge in [0.2, 0.25) is 11.8 Å². The van der Waals surface area contributed by atoms with Crippen LogP contribution in [0, 0.1) is 5.92 Å². The number of hydrogen-bond acceptors (Lipinski definition) is 4. The van der Waals surface area contributed by atoms with Crippen LogP contribution in [0.3, 0.4) is 0 Å². The highest BCUT2D eigenvalue weighted by molar-refractivity contribution is 8.00. The van der Waals surface area contributed by atoms with Crippen molar-refractivity contribution in [3.05, 3.63) is 0 Å². The topological polar surface area (TPSA) is 58.6 Å². The Morgan fingerprint density at radius 2 is 2.14 bits per heavy atom. The summed E-state index contributed by atoms with van der Waals surface area (Å²) < 4.78 is 4.97. The third-order valence-corrected chi connectivity index (χ3v) is 4.80. The molecule has 1 N–H and O–H groups in total. The zero-order chi connectivity index (χ0) is 15.8. The number of carbonyl (C=O) groups is 2. The van der Waals surface area contributed by atoms with Gasteiger partial charge in [-0.25, -0.2) is 0 Å². The van der Waals surface area contributed by atoms with Crippen molar-refractivity contribution in [1.82, 2.24) is 10.2 Å². The summed E-state index contributed by atoms with van der Waals surface area (Å²) in [6.07, 6.45) is 2.17. The monoisotopic (exact) mass is 316 g/mol. The molecule has 0 aromatic carbocycles. The van der Waals surface area contributed by atoms with Gasteiger partial charge in [-0.05, 0) is 18.8 Å². The van der Waals surface area contributed by atoms with Gasteiger partial charge in [-0.2, -0.15) is 0 Å². The molecule has 0 aromatic rings. The lowest BCUT2D eigenvalue weighted by molar-refractivity contribution is -0.139. The Kier molecular flexibility index (Phi) is 8.11. The van der Waals surface area contributed by atoms with E-state index in [1.807, 2.05) is 6.92 Å². The molecule has 0 aromatic heterocycles. The van der Waals surface area contributed by atoms with Crippen LogP contribution in [0.15, 0.2) is 0 Å². The first kappa shape index (κ1) is 18.3. The second-order valence-electron chi connectivity index (χ2n) is 5.73. The van der Waals surface area contributed by atoms with E-state index in [-0.39, 0.29) is 23.2 Å². The van der Waals surface area contributed by atoms with Gasteiger partial charge in [0.05, 0.1) is 5.37 Å². The Labute approximate surface area is 132 Å². The number of carbonyl (C=O) groups excluding carboxylic acids is 2. The van der Waals surface area contributed by atoms with Crippen molar-refractivity contribution in [3.63, 3.8) is 0 Å². The van der Waals surface area contributed by atoms with Gasteiger partial charge in [0.1, 0.15) is 6.04 Å². The van der Waals surface area contributed by atoms with Gasteiger partial charge >= 0.3 is 0 Å². The molecule has 2 unspecified atom stereocenters.